The molecule has 4 nitrogen and oxygen atoms in total. The Labute approximate surface area is 113 Å². The van der Waals surface area contributed by atoms with Crippen molar-refractivity contribution in [2.24, 2.45) is 17.3 Å². The molecule has 4 heteroatoms. The molecule has 4 unspecified atom stereocenters. The molecule has 0 amide bonds. The lowest BCUT2D eigenvalue weighted by Crippen LogP contribution is -2.40. The summed E-state index contributed by atoms with van der Waals surface area (Å²) in [5.41, 5.74) is -0.450. The molecule has 0 spiro atoms. The molecule has 2 saturated carbocycles. The van der Waals surface area contributed by atoms with Crippen LogP contribution in [0.15, 0.2) is 12.2 Å². The summed E-state index contributed by atoms with van der Waals surface area (Å²) >= 11 is 0. The first-order valence-electron chi connectivity index (χ1n) is 6.74. The Morgan fingerprint density at radius 3 is 2.79 bits per heavy atom. The highest BCUT2D eigenvalue weighted by atomic mass is 16.5. The summed E-state index contributed by atoms with van der Waals surface area (Å²) in [5, 5.41) is 9.32. The van der Waals surface area contributed by atoms with Gasteiger partial charge in [-0.15, -0.1) is 0 Å². The molecule has 0 aromatic heterocycles. The molecule has 2 rings (SSSR count). The van der Waals surface area contributed by atoms with Gasteiger partial charge in [0.15, 0.2) is 5.78 Å². The topological polar surface area (TPSA) is 67.2 Å². The van der Waals surface area contributed by atoms with Crippen LogP contribution in [0, 0.1) is 28.6 Å². The van der Waals surface area contributed by atoms with Crippen LogP contribution in [0.5, 0.6) is 0 Å². The van der Waals surface area contributed by atoms with Crippen LogP contribution in [0.2, 0.25) is 0 Å². The van der Waals surface area contributed by atoms with E-state index in [1.54, 1.807) is 6.92 Å². The van der Waals surface area contributed by atoms with Crippen LogP contribution >= 0.6 is 0 Å². The maximum atomic E-state index is 12.1. The predicted octanol–water partition coefficient (Wildman–Crippen LogP) is 2.39. The second-order valence-electron chi connectivity index (χ2n) is 5.81. The van der Waals surface area contributed by atoms with Gasteiger partial charge >= 0.3 is 5.97 Å². The molecule has 0 aromatic rings. The van der Waals surface area contributed by atoms with Crippen LogP contribution in [0.3, 0.4) is 0 Å². The number of fused-ring (bicyclic) bond motifs is 2. The van der Waals surface area contributed by atoms with Gasteiger partial charge in [-0.25, -0.2) is 4.79 Å². The van der Waals surface area contributed by atoms with Crippen molar-refractivity contribution in [2.45, 2.75) is 45.6 Å². The first-order chi connectivity index (χ1) is 8.93. The molecule has 0 N–H and O–H groups in total. The standard InChI is InChI=1S/C15H19NO3/c1-4-10-6-15(8-16)7-11(5-12(15)17)13(10)19-14(18)9(2)3/h10-11,13H,2,4-7H2,1,3H3. The van der Waals surface area contributed by atoms with Gasteiger partial charge in [0.2, 0.25) is 0 Å². The van der Waals surface area contributed by atoms with E-state index in [2.05, 4.69) is 12.6 Å². The lowest BCUT2D eigenvalue weighted by atomic mass is 9.69. The summed E-state index contributed by atoms with van der Waals surface area (Å²) in [4.78, 5) is 23.8. The minimum absolute atomic E-state index is 0.00542. The SMILES string of the molecule is C=C(C)C(=O)OC1C(CC)CC2(C#N)CC1CC2=O. The van der Waals surface area contributed by atoms with Crippen LogP contribution in [0.1, 0.15) is 39.5 Å². The normalized spacial score (nSPS) is 36.7. The molecular formula is C15H19NO3. The predicted molar refractivity (Wildman–Crippen MR) is 68.9 cm³/mol. The number of rotatable bonds is 3. The van der Waals surface area contributed by atoms with Crippen molar-refractivity contribution in [3.63, 3.8) is 0 Å². The summed E-state index contributed by atoms with van der Waals surface area (Å²) < 4.78 is 5.52. The quantitative estimate of drug-likeness (QED) is 0.578. The van der Waals surface area contributed by atoms with Gasteiger partial charge < -0.3 is 4.74 Å². The van der Waals surface area contributed by atoms with Crippen molar-refractivity contribution in [1.29, 1.82) is 5.26 Å². The number of hydrogen-bond donors (Lipinski definition) is 0. The molecule has 0 aromatic carbocycles. The molecule has 2 bridgehead atoms. The number of carbonyl (C=O) groups excluding carboxylic acids is 2. The highest BCUT2D eigenvalue weighted by Gasteiger charge is 2.57. The van der Waals surface area contributed by atoms with E-state index in [9.17, 15) is 14.9 Å². The first kappa shape index (κ1) is 13.8. The van der Waals surface area contributed by atoms with Crippen molar-refractivity contribution < 1.29 is 14.3 Å². The zero-order valence-corrected chi connectivity index (χ0v) is 11.4. The Bertz CT molecular complexity index is 476. The van der Waals surface area contributed by atoms with E-state index >= 15 is 0 Å². The molecule has 4 atom stereocenters. The van der Waals surface area contributed by atoms with E-state index in [0.29, 0.717) is 24.8 Å². The Morgan fingerprint density at radius 1 is 1.58 bits per heavy atom. The van der Waals surface area contributed by atoms with Crippen molar-refractivity contribution in [1.82, 2.24) is 0 Å². The molecule has 2 aliphatic carbocycles. The first-order valence-corrected chi connectivity index (χ1v) is 6.74. The van der Waals surface area contributed by atoms with Gasteiger partial charge in [-0.1, -0.05) is 13.5 Å². The average molecular weight is 261 g/mol. The maximum absolute atomic E-state index is 12.1. The second-order valence-corrected chi connectivity index (χ2v) is 5.81. The van der Waals surface area contributed by atoms with Gasteiger partial charge in [0, 0.05) is 17.9 Å². The highest BCUT2D eigenvalue weighted by molar-refractivity contribution is 5.91. The van der Waals surface area contributed by atoms with E-state index in [4.69, 9.17) is 4.74 Å². The van der Waals surface area contributed by atoms with Crippen LogP contribution in [-0.4, -0.2) is 17.9 Å². The monoisotopic (exact) mass is 261 g/mol. The fourth-order valence-electron chi connectivity index (χ4n) is 3.39. The molecule has 0 radical (unpaired) electrons. The number of ketones is 1. The largest absolute Gasteiger partial charge is 0.458 e. The number of nitrogens with zero attached hydrogens (tertiary/aromatic N) is 1. The number of nitriles is 1. The molecular weight excluding hydrogens is 242 g/mol. The van der Waals surface area contributed by atoms with Gasteiger partial charge in [0.25, 0.3) is 0 Å². The van der Waals surface area contributed by atoms with E-state index in [-0.39, 0.29) is 23.7 Å². The molecule has 2 fully saturated rings. The summed E-state index contributed by atoms with van der Waals surface area (Å²) in [6.45, 7) is 7.21. The van der Waals surface area contributed by atoms with E-state index in [1.807, 2.05) is 6.92 Å². The lowest BCUT2D eigenvalue weighted by molar-refractivity contribution is -0.153. The summed E-state index contributed by atoms with van der Waals surface area (Å²) in [6.07, 6.45) is 1.97. The zero-order valence-electron chi connectivity index (χ0n) is 11.4. The summed E-state index contributed by atoms with van der Waals surface area (Å²) in [6, 6.07) is 2.21. The third-order valence-electron chi connectivity index (χ3n) is 4.46. The molecule has 19 heavy (non-hydrogen) atoms. The minimum atomic E-state index is -0.822. The van der Waals surface area contributed by atoms with E-state index < -0.39 is 11.4 Å². The van der Waals surface area contributed by atoms with E-state index in [1.165, 1.54) is 0 Å². The molecule has 0 heterocycles. The summed E-state index contributed by atoms with van der Waals surface area (Å²) in [5.74, 6) is -0.290. The molecule has 2 aliphatic rings. The van der Waals surface area contributed by atoms with Crippen molar-refractivity contribution in [3.8, 4) is 6.07 Å². The maximum Gasteiger partial charge on any atom is 0.333 e. The highest BCUT2D eigenvalue weighted by Crippen LogP contribution is 2.52. The Balaban J connectivity index is 2.22. The Morgan fingerprint density at radius 2 is 2.26 bits per heavy atom. The van der Waals surface area contributed by atoms with Gasteiger partial charge in [0.05, 0.1) is 6.07 Å². The van der Waals surface area contributed by atoms with Crippen LogP contribution in [0.4, 0.5) is 0 Å². The minimum Gasteiger partial charge on any atom is -0.458 e. The second kappa shape index (κ2) is 4.80. The third kappa shape index (κ3) is 2.18. The smallest absolute Gasteiger partial charge is 0.333 e. The zero-order chi connectivity index (χ0) is 14.2. The van der Waals surface area contributed by atoms with Crippen LogP contribution < -0.4 is 0 Å². The third-order valence-corrected chi connectivity index (χ3v) is 4.46. The number of esters is 1. The number of hydrogen-bond acceptors (Lipinski definition) is 4. The van der Waals surface area contributed by atoms with Crippen molar-refractivity contribution in [2.75, 3.05) is 0 Å². The van der Waals surface area contributed by atoms with Gasteiger partial charge in [0.1, 0.15) is 11.5 Å². The fourth-order valence-corrected chi connectivity index (χ4v) is 3.39. The fraction of sp³-hybridized carbons (Fsp3) is 0.667. The van der Waals surface area contributed by atoms with Crippen molar-refractivity contribution in [3.05, 3.63) is 12.2 Å². The average Bonchev–Trinajstić information content (AvgIpc) is 2.66. The Hall–Kier alpha value is -1.63. The van der Waals surface area contributed by atoms with Gasteiger partial charge in [-0.05, 0) is 32.1 Å². The number of carbonyl (C=O) groups is 2. The Kier molecular flexibility index (Phi) is 3.49. The molecule has 102 valence electrons. The van der Waals surface area contributed by atoms with Crippen LogP contribution in [-0.2, 0) is 14.3 Å². The number of ether oxygens (including phenoxy) is 1. The van der Waals surface area contributed by atoms with Crippen molar-refractivity contribution >= 4 is 11.8 Å². The molecule has 0 aliphatic heterocycles. The lowest BCUT2D eigenvalue weighted by Gasteiger charge is -2.37. The van der Waals surface area contributed by atoms with Gasteiger partial charge in [-0.3, -0.25) is 4.79 Å². The number of Topliss-reactive ketones (excluding diaryl/α,β-unsaturated/α-hetero) is 1. The van der Waals surface area contributed by atoms with Gasteiger partial charge in [-0.2, -0.15) is 5.26 Å². The van der Waals surface area contributed by atoms with E-state index in [0.717, 1.165) is 6.42 Å². The molecule has 0 saturated heterocycles. The van der Waals surface area contributed by atoms with Crippen LogP contribution in [0.25, 0.3) is 0 Å². The summed E-state index contributed by atoms with van der Waals surface area (Å²) in [7, 11) is 0.